The molecule has 5 heteroatoms. The zero-order valence-corrected chi connectivity index (χ0v) is 11.8. The summed E-state index contributed by atoms with van der Waals surface area (Å²) in [5.74, 6) is 0.115. The minimum absolute atomic E-state index is 0.00419. The Morgan fingerprint density at radius 1 is 1.18 bits per heavy atom. The van der Waals surface area contributed by atoms with Crippen LogP contribution < -0.4 is 4.74 Å². The highest BCUT2D eigenvalue weighted by Gasteiger charge is 2.23. The van der Waals surface area contributed by atoms with Crippen molar-refractivity contribution in [3.8, 4) is 11.5 Å². The number of aliphatic imine (C=N–C) groups is 1. The molecule has 3 rings (SSSR count). The quantitative estimate of drug-likeness (QED) is 0.698. The van der Waals surface area contributed by atoms with Gasteiger partial charge in [-0.25, -0.2) is 9.79 Å². The zero-order valence-electron chi connectivity index (χ0n) is 11.8. The molecule has 0 saturated heterocycles. The van der Waals surface area contributed by atoms with Crippen molar-refractivity contribution >= 4 is 17.9 Å². The molecule has 22 heavy (non-hydrogen) atoms. The maximum Gasteiger partial charge on any atom is 0.363 e. The Morgan fingerprint density at radius 2 is 1.95 bits per heavy atom. The summed E-state index contributed by atoms with van der Waals surface area (Å²) in [4.78, 5) is 16.1. The molecule has 0 atom stereocenters. The second-order valence-corrected chi connectivity index (χ2v) is 4.63. The lowest BCUT2D eigenvalue weighted by Gasteiger charge is -2.03. The van der Waals surface area contributed by atoms with E-state index in [1.54, 1.807) is 18.2 Å². The van der Waals surface area contributed by atoms with Crippen LogP contribution in [0.3, 0.4) is 0 Å². The summed E-state index contributed by atoms with van der Waals surface area (Å²) in [6.45, 7) is 0. The van der Waals surface area contributed by atoms with Crippen LogP contribution in [-0.2, 0) is 9.53 Å². The molecule has 0 amide bonds. The number of cyclic esters (lactones) is 1. The van der Waals surface area contributed by atoms with E-state index in [9.17, 15) is 9.90 Å². The molecule has 1 heterocycles. The molecule has 1 N–H and O–H groups in total. The fourth-order valence-corrected chi connectivity index (χ4v) is 2.07. The fraction of sp³-hybridized carbons (Fsp3) is 0.0588. The fourth-order valence-electron chi connectivity index (χ4n) is 2.07. The molecular formula is C17H13NO4. The van der Waals surface area contributed by atoms with E-state index in [-0.39, 0.29) is 17.3 Å². The Balaban J connectivity index is 1.92. The number of hydrogen-bond donors (Lipinski definition) is 1. The van der Waals surface area contributed by atoms with Gasteiger partial charge in [-0.2, -0.15) is 0 Å². The standard InChI is InChI=1S/C17H13NO4/c1-21-15-8-7-11(10-14(15)19)9-13-17(20)22-16(18-13)12-5-3-2-4-6-12/h2-10,19H,1H3/b13-9+. The number of esters is 1. The van der Waals surface area contributed by atoms with Crippen LogP contribution in [-0.4, -0.2) is 24.1 Å². The SMILES string of the molecule is COc1ccc(/C=C2/N=C(c3ccccc3)OC2=O)cc1O. The molecule has 0 saturated carbocycles. The Morgan fingerprint density at radius 3 is 2.64 bits per heavy atom. The molecule has 0 aliphatic carbocycles. The molecule has 5 nitrogen and oxygen atoms in total. The van der Waals surface area contributed by atoms with E-state index in [2.05, 4.69) is 4.99 Å². The summed E-state index contributed by atoms with van der Waals surface area (Å²) in [7, 11) is 1.47. The summed E-state index contributed by atoms with van der Waals surface area (Å²) in [6.07, 6.45) is 1.55. The van der Waals surface area contributed by atoms with Crippen LogP contribution >= 0.6 is 0 Å². The van der Waals surface area contributed by atoms with Gasteiger partial charge in [-0.15, -0.1) is 0 Å². The third-order valence-electron chi connectivity index (χ3n) is 3.15. The number of benzene rings is 2. The first kappa shape index (κ1) is 13.9. The smallest absolute Gasteiger partial charge is 0.363 e. The lowest BCUT2D eigenvalue weighted by atomic mass is 10.1. The molecule has 1 aliphatic rings. The summed E-state index contributed by atoms with van der Waals surface area (Å²) >= 11 is 0. The molecule has 0 radical (unpaired) electrons. The van der Waals surface area contributed by atoms with Crippen molar-refractivity contribution in [1.29, 1.82) is 0 Å². The molecule has 110 valence electrons. The Kier molecular flexibility index (Phi) is 3.62. The molecule has 0 unspecified atom stereocenters. The van der Waals surface area contributed by atoms with Gasteiger partial charge in [0.15, 0.2) is 17.2 Å². The highest BCUT2D eigenvalue weighted by atomic mass is 16.6. The molecule has 0 fully saturated rings. The van der Waals surface area contributed by atoms with Gasteiger partial charge in [0, 0.05) is 5.56 Å². The third-order valence-corrected chi connectivity index (χ3v) is 3.15. The van der Waals surface area contributed by atoms with E-state index >= 15 is 0 Å². The van der Waals surface area contributed by atoms with Crippen LogP contribution in [0.25, 0.3) is 6.08 Å². The van der Waals surface area contributed by atoms with Crippen LogP contribution in [0.5, 0.6) is 11.5 Å². The van der Waals surface area contributed by atoms with E-state index in [1.165, 1.54) is 13.2 Å². The number of ether oxygens (including phenoxy) is 2. The highest BCUT2D eigenvalue weighted by molar-refractivity contribution is 6.12. The van der Waals surface area contributed by atoms with Crippen molar-refractivity contribution in [1.82, 2.24) is 0 Å². The summed E-state index contributed by atoms with van der Waals surface area (Å²) in [5.41, 5.74) is 1.54. The number of nitrogens with zero attached hydrogens (tertiary/aromatic N) is 1. The first-order chi connectivity index (χ1) is 10.7. The molecule has 0 spiro atoms. The van der Waals surface area contributed by atoms with Crippen molar-refractivity contribution in [2.45, 2.75) is 0 Å². The molecule has 0 aromatic heterocycles. The summed E-state index contributed by atoms with van der Waals surface area (Å²) in [5, 5.41) is 9.75. The van der Waals surface area contributed by atoms with Crippen molar-refractivity contribution in [3.63, 3.8) is 0 Å². The van der Waals surface area contributed by atoms with Gasteiger partial charge in [0.25, 0.3) is 0 Å². The minimum Gasteiger partial charge on any atom is -0.504 e. The Bertz CT molecular complexity index is 779. The number of aromatic hydroxyl groups is 1. The van der Waals surface area contributed by atoms with Gasteiger partial charge in [0.1, 0.15) is 0 Å². The van der Waals surface area contributed by atoms with Crippen LogP contribution in [0, 0.1) is 0 Å². The van der Waals surface area contributed by atoms with Crippen LogP contribution in [0.15, 0.2) is 59.2 Å². The number of rotatable bonds is 3. The molecule has 2 aromatic carbocycles. The lowest BCUT2D eigenvalue weighted by molar-refractivity contribution is -0.129. The number of phenols is 1. The van der Waals surface area contributed by atoms with E-state index in [4.69, 9.17) is 9.47 Å². The normalized spacial score (nSPS) is 15.6. The van der Waals surface area contributed by atoms with Gasteiger partial charge in [-0.3, -0.25) is 0 Å². The van der Waals surface area contributed by atoms with Crippen molar-refractivity contribution < 1.29 is 19.4 Å². The van der Waals surface area contributed by atoms with Crippen LogP contribution in [0.1, 0.15) is 11.1 Å². The monoisotopic (exact) mass is 295 g/mol. The predicted molar refractivity (Wildman–Crippen MR) is 81.7 cm³/mol. The molecule has 0 bridgehead atoms. The van der Waals surface area contributed by atoms with Crippen LogP contribution in [0.4, 0.5) is 0 Å². The largest absolute Gasteiger partial charge is 0.504 e. The summed E-state index contributed by atoms with van der Waals surface area (Å²) in [6, 6.07) is 14.0. The van der Waals surface area contributed by atoms with Gasteiger partial charge >= 0.3 is 5.97 Å². The number of carbonyl (C=O) groups excluding carboxylic acids is 1. The zero-order chi connectivity index (χ0) is 15.5. The maximum absolute atomic E-state index is 11.9. The highest BCUT2D eigenvalue weighted by Crippen LogP contribution is 2.28. The Labute approximate surface area is 127 Å². The maximum atomic E-state index is 11.9. The van der Waals surface area contributed by atoms with Crippen molar-refractivity contribution in [2.24, 2.45) is 4.99 Å². The van der Waals surface area contributed by atoms with Crippen molar-refractivity contribution in [2.75, 3.05) is 7.11 Å². The number of hydrogen-bond acceptors (Lipinski definition) is 5. The van der Waals surface area contributed by atoms with Gasteiger partial charge < -0.3 is 14.6 Å². The average molecular weight is 295 g/mol. The lowest BCUT2D eigenvalue weighted by Crippen LogP contribution is -2.04. The molecular weight excluding hydrogens is 282 g/mol. The Hall–Kier alpha value is -3.08. The second-order valence-electron chi connectivity index (χ2n) is 4.63. The van der Waals surface area contributed by atoms with E-state index in [0.29, 0.717) is 11.3 Å². The van der Waals surface area contributed by atoms with E-state index in [0.717, 1.165) is 5.56 Å². The molecule has 2 aromatic rings. The van der Waals surface area contributed by atoms with Gasteiger partial charge in [-0.05, 0) is 35.9 Å². The first-order valence-corrected chi connectivity index (χ1v) is 6.62. The number of methoxy groups -OCH3 is 1. The predicted octanol–water partition coefficient (Wildman–Crippen LogP) is 2.75. The van der Waals surface area contributed by atoms with E-state index in [1.807, 2.05) is 30.3 Å². The minimum atomic E-state index is -0.519. The topological polar surface area (TPSA) is 68.1 Å². The average Bonchev–Trinajstić information content (AvgIpc) is 2.89. The first-order valence-electron chi connectivity index (χ1n) is 6.62. The number of carbonyl (C=O) groups is 1. The molecule has 1 aliphatic heterocycles. The number of phenolic OH excluding ortho intramolecular Hbond substituents is 1. The van der Waals surface area contributed by atoms with Gasteiger partial charge in [-0.1, -0.05) is 24.3 Å². The second kappa shape index (κ2) is 5.73. The van der Waals surface area contributed by atoms with Gasteiger partial charge in [0.05, 0.1) is 7.11 Å². The van der Waals surface area contributed by atoms with E-state index < -0.39 is 5.97 Å². The van der Waals surface area contributed by atoms with Crippen molar-refractivity contribution in [3.05, 3.63) is 65.4 Å². The summed E-state index contributed by atoms with van der Waals surface area (Å²) < 4.78 is 10.1. The van der Waals surface area contributed by atoms with Gasteiger partial charge in [0.2, 0.25) is 5.90 Å². The third kappa shape index (κ3) is 2.69. The van der Waals surface area contributed by atoms with Crippen LogP contribution in [0.2, 0.25) is 0 Å².